The van der Waals surface area contributed by atoms with Crippen molar-refractivity contribution in [3.05, 3.63) is 70.7 Å². The summed E-state index contributed by atoms with van der Waals surface area (Å²) in [5, 5.41) is 20.7. The van der Waals surface area contributed by atoms with Crippen LogP contribution in [0, 0.1) is 11.3 Å². The number of hydrogen-bond donors (Lipinski definition) is 1. The maximum Gasteiger partial charge on any atom is 0.335 e. The number of carboxylic acid groups (broad SMARTS) is 1. The van der Waals surface area contributed by atoms with Crippen molar-refractivity contribution >= 4 is 28.3 Å². The van der Waals surface area contributed by atoms with Gasteiger partial charge in [0.15, 0.2) is 0 Å². The molecule has 0 aliphatic rings. The Morgan fingerprint density at radius 1 is 1.05 bits per heavy atom. The lowest BCUT2D eigenvalue weighted by molar-refractivity contribution is 0.0697. The normalized spacial score (nSPS) is 10.4. The summed E-state index contributed by atoms with van der Waals surface area (Å²) in [6.07, 6.45) is 0. The van der Waals surface area contributed by atoms with Crippen LogP contribution in [0.4, 0.5) is 0 Å². The van der Waals surface area contributed by atoms with Crippen LogP contribution in [0.15, 0.2) is 54.6 Å². The van der Waals surface area contributed by atoms with E-state index in [4.69, 9.17) is 11.6 Å². The van der Waals surface area contributed by atoms with Gasteiger partial charge in [0.2, 0.25) is 0 Å². The lowest BCUT2D eigenvalue weighted by Crippen LogP contribution is -1.96. The molecule has 22 heavy (non-hydrogen) atoms. The Labute approximate surface area is 132 Å². The number of rotatable bonds is 2. The molecule has 0 spiro atoms. The lowest BCUT2D eigenvalue weighted by atomic mass is 9.94. The van der Waals surface area contributed by atoms with Crippen molar-refractivity contribution in [1.82, 2.24) is 0 Å². The first kappa shape index (κ1) is 14.1. The molecule has 0 heterocycles. The van der Waals surface area contributed by atoms with Crippen LogP contribution < -0.4 is 0 Å². The average Bonchev–Trinajstić information content (AvgIpc) is 2.53. The Bertz CT molecular complexity index is 941. The van der Waals surface area contributed by atoms with E-state index in [1.165, 1.54) is 0 Å². The fourth-order valence-corrected chi connectivity index (χ4v) is 2.66. The Balaban J connectivity index is 2.34. The van der Waals surface area contributed by atoms with Crippen LogP contribution in [0.2, 0.25) is 5.02 Å². The van der Waals surface area contributed by atoms with Gasteiger partial charge in [-0.05, 0) is 40.6 Å². The molecule has 0 atom stereocenters. The minimum Gasteiger partial charge on any atom is -0.478 e. The molecule has 0 aromatic heterocycles. The van der Waals surface area contributed by atoms with E-state index in [1.807, 2.05) is 18.2 Å². The Morgan fingerprint density at radius 2 is 1.86 bits per heavy atom. The first-order valence-electron chi connectivity index (χ1n) is 6.56. The highest BCUT2D eigenvalue weighted by atomic mass is 35.5. The summed E-state index contributed by atoms with van der Waals surface area (Å²) in [5.74, 6) is -0.978. The minimum absolute atomic E-state index is 0.215. The van der Waals surface area contributed by atoms with Crippen LogP contribution in [-0.2, 0) is 0 Å². The number of hydrogen-bond acceptors (Lipinski definition) is 2. The number of benzene rings is 3. The van der Waals surface area contributed by atoms with Crippen molar-refractivity contribution in [2.75, 3.05) is 0 Å². The van der Waals surface area contributed by atoms with Crippen LogP contribution in [-0.4, -0.2) is 11.1 Å². The van der Waals surface area contributed by atoms with Gasteiger partial charge in [-0.3, -0.25) is 0 Å². The summed E-state index contributed by atoms with van der Waals surface area (Å²) in [6, 6.07) is 17.9. The average molecular weight is 308 g/mol. The molecule has 0 saturated carbocycles. The van der Waals surface area contributed by atoms with Crippen molar-refractivity contribution in [3.63, 3.8) is 0 Å². The van der Waals surface area contributed by atoms with Crippen LogP contribution in [0.25, 0.3) is 21.9 Å². The van der Waals surface area contributed by atoms with E-state index in [0.717, 1.165) is 21.9 Å². The molecular weight excluding hydrogens is 298 g/mol. The number of aromatic carboxylic acids is 1. The predicted octanol–water partition coefficient (Wildman–Crippen LogP) is 4.73. The standard InChI is InChI=1S/C18H10ClNO2/c19-14-6-7-15(13(8-14)10-20)16-3-1-2-11-4-5-12(18(21)22)9-17(11)16/h1-9H,(H,21,22). The molecule has 0 unspecified atom stereocenters. The van der Waals surface area contributed by atoms with Gasteiger partial charge < -0.3 is 5.11 Å². The second-order valence-electron chi connectivity index (χ2n) is 4.85. The highest BCUT2D eigenvalue weighted by Crippen LogP contribution is 2.32. The molecule has 0 aliphatic carbocycles. The van der Waals surface area contributed by atoms with Gasteiger partial charge in [-0.2, -0.15) is 5.26 Å². The Morgan fingerprint density at radius 3 is 2.59 bits per heavy atom. The summed E-state index contributed by atoms with van der Waals surface area (Å²) in [4.78, 5) is 11.2. The number of fused-ring (bicyclic) bond motifs is 1. The summed E-state index contributed by atoms with van der Waals surface area (Å²) in [5.41, 5.74) is 2.22. The van der Waals surface area contributed by atoms with Gasteiger partial charge in [-0.1, -0.05) is 41.9 Å². The molecule has 0 saturated heterocycles. The van der Waals surface area contributed by atoms with Gasteiger partial charge >= 0.3 is 5.97 Å². The van der Waals surface area contributed by atoms with Gasteiger partial charge in [0.05, 0.1) is 17.2 Å². The fourth-order valence-electron chi connectivity index (χ4n) is 2.48. The fraction of sp³-hybridized carbons (Fsp3) is 0. The molecule has 3 aromatic rings. The summed E-state index contributed by atoms with van der Waals surface area (Å²) in [7, 11) is 0. The second-order valence-corrected chi connectivity index (χ2v) is 5.28. The molecular formula is C18H10ClNO2. The number of carboxylic acids is 1. The van der Waals surface area contributed by atoms with E-state index in [1.54, 1.807) is 36.4 Å². The molecule has 0 fully saturated rings. The minimum atomic E-state index is -0.978. The maximum absolute atomic E-state index is 11.2. The smallest absolute Gasteiger partial charge is 0.335 e. The molecule has 0 bridgehead atoms. The van der Waals surface area contributed by atoms with E-state index in [0.29, 0.717) is 10.6 Å². The lowest BCUT2D eigenvalue weighted by Gasteiger charge is -2.10. The number of halogens is 1. The molecule has 3 aromatic carbocycles. The third-order valence-corrected chi connectivity index (χ3v) is 3.76. The highest BCUT2D eigenvalue weighted by molar-refractivity contribution is 6.30. The van der Waals surface area contributed by atoms with E-state index in [9.17, 15) is 15.2 Å². The molecule has 3 rings (SSSR count). The van der Waals surface area contributed by atoms with Gasteiger partial charge in [-0.25, -0.2) is 4.79 Å². The predicted molar refractivity (Wildman–Crippen MR) is 86.1 cm³/mol. The summed E-state index contributed by atoms with van der Waals surface area (Å²) in [6.45, 7) is 0. The van der Waals surface area contributed by atoms with Crippen molar-refractivity contribution in [2.24, 2.45) is 0 Å². The topological polar surface area (TPSA) is 61.1 Å². The molecule has 0 amide bonds. The largest absolute Gasteiger partial charge is 0.478 e. The van der Waals surface area contributed by atoms with Gasteiger partial charge in [-0.15, -0.1) is 0 Å². The van der Waals surface area contributed by atoms with E-state index >= 15 is 0 Å². The first-order chi connectivity index (χ1) is 10.6. The molecule has 106 valence electrons. The third-order valence-electron chi connectivity index (χ3n) is 3.52. The zero-order chi connectivity index (χ0) is 15.7. The zero-order valence-electron chi connectivity index (χ0n) is 11.4. The zero-order valence-corrected chi connectivity index (χ0v) is 12.1. The van der Waals surface area contributed by atoms with Crippen LogP contribution in [0.1, 0.15) is 15.9 Å². The first-order valence-corrected chi connectivity index (χ1v) is 6.94. The quantitative estimate of drug-likeness (QED) is 0.744. The van der Waals surface area contributed by atoms with Crippen molar-refractivity contribution in [3.8, 4) is 17.2 Å². The highest BCUT2D eigenvalue weighted by Gasteiger charge is 2.11. The summed E-state index contributed by atoms with van der Waals surface area (Å²) >= 11 is 5.94. The van der Waals surface area contributed by atoms with Gasteiger partial charge in [0.1, 0.15) is 0 Å². The third kappa shape index (κ3) is 2.41. The SMILES string of the molecule is N#Cc1cc(Cl)ccc1-c1cccc2ccc(C(=O)O)cc12. The second kappa shape index (κ2) is 5.51. The molecule has 3 nitrogen and oxygen atoms in total. The monoisotopic (exact) mass is 307 g/mol. The molecule has 0 aliphatic heterocycles. The summed E-state index contributed by atoms with van der Waals surface area (Å²) < 4.78 is 0. The number of nitrogens with zero attached hydrogens (tertiary/aromatic N) is 1. The Hall–Kier alpha value is -2.83. The van der Waals surface area contributed by atoms with Crippen LogP contribution in [0.3, 0.4) is 0 Å². The van der Waals surface area contributed by atoms with Crippen molar-refractivity contribution in [2.45, 2.75) is 0 Å². The number of nitriles is 1. The van der Waals surface area contributed by atoms with E-state index < -0.39 is 5.97 Å². The van der Waals surface area contributed by atoms with Crippen molar-refractivity contribution in [1.29, 1.82) is 5.26 Å². The van der Waals surface area contributed by atoms with E-state index in [-0.39, 0.29) is 5.56 Å². The van der Waals surface area contributed by atoms with Crippen LogP contribution in [0.5, 0.6) is 0 Å². The molecule has 0 radical (unpaired) electrons. The van der Waals surface area contributed by atoms with Gasteiger partial charge in [0, 0.05) is 10.6 Å². The van der Waals surface area contributed by atoms with Crippen molar-refractivity contribution < 1.29 is 9.90 Å². The Kier molecular flexibility index (Phi) is 3.54. The van der Waals surface area contributed by atoms with Crippen LogP contribution >= 0.6 is 11.6 Å². The molecule has 1 N–H and O–H groups in total. The maximum atomic E-state index is 11.2. The number of carbonyl (C=O) groups is 1. The van der Waals surface area contributed by atoms with Gasteiger partial charge in [0.25, 0.3) is 0 Å². The molecule has 4 heteroatoms. The van der Waals surface area contributed by atoms with E-state index in [2.05, 4.69) is 6.07 Å².